The third kappa shape index (κ3) is 4.05. The molecular weight excluding hydrogens is 319 g/mol. The van der Waals surface area contributed by atoms with Crippen LogP contribution in [0.3, 0.4) is 0 Å². The van der Waals surface area contributed by atoms with E-state index in [1.165, 1.54) is 6.07 Å². The van der Waals surface area contributed by atoms with Crippen molar-refractivity contribution in [3.63, 3.8) is 0 Å². The predicted octanol–water partition coefficient (Wildman–Crippen LogP) is 3.92. The van der Waals surface area contributed by atoms with Crippen LogP contribution in [0.1, 0.15) is 11.1 Å². The Morgan fingerprint density at radius 3 is 2.62 bits per heavy atom. The molecule has 0 atom stereocenters. The maximum atomic E-state index is 12.8. The summed E-state index contributed by atoms with van der Waals surface area (Å²) in [7, 11) is 0. The Kier molecular flexibility index (Phi) is 4.71. The first kappa shape index (κ1) is 16.3. The van der Waals surface area contributed by atoms with Crippen molar-refractivity contribution in [2.24, 2.45) is 4.99 Å². The number of nitrogens with zero attached hydrogens (tertiary/aromatic N) is 2. The van der Waals surface area contributed by atoms with Gasteiger partial charge in [0.05, 0.1) is 18.7 Å². The number of anilines is 1. The molecule has 0 unspecified atom stereocenters. The van der Waals surface area contributed by atoms with Crippen molar-refractivity contribution < 1.29 is 18.0 Å². The molecule has 1 N–H and O–H groups in total. The number of guanidine groups is 1. The molecule has 1 aliphatic rings. The second-order valence-electron chi connectivity index (χ2n) is 5.27. The smallest absolute Gasteiger partial charge is 0.324 e. The minimum atomic E-state index is -4.38. The Hall–Kier alpha value is -2.54. The van der Waals surface area contributed by atoms with Crippen LogP contribution in [0.15, 0.2) is 59.6 Å². The Morgan fingerprint density at radius 2 is 1.88 bits per heavy atom. The average molecular weight is 335 g/mol. The van der Waals surface area contributed by atoms with Crippen molar-refractivity contribution in [2.45, 2.75) is 12.8 Å². The summed E-state index contributed by atoms with van der Waals surface area (Å²) in [4.78, 5) is 9.93. The lowest BCUT2D eigenvalue weighted by atomic mass is 10.2. The van der Waals surface area contributed by atoms with Crippen LogP contribution >= 0.6 is 0 Å². The highest BCUT2D eigenvalue weighted by Gasteiger charge is 2.30. The number of hydrogen-bond donors (Lipinski definition) is 1. The molecule has 0 spiro atoms. The van der Waals surface area contributed by atoms with Crippen LogP contribution in [-0.2, 0) is 17.6 Å². The molecule has 2 aromatic carbocycles. The number of hydroxylamine groups is 2. The molecule has 0 amide bonds. The van der Waals surface area contributed by atoms with Crippen molar-refractivity contribution >= 4 is 11.6 Å². The first-order chi connectivity index (χ1) is 11.5. The second kappa shape index (κ2) is 6.92. The normalized spacial score (nSPS) is 14.6. The predicted molar refractivity (Wildman–Crippen MR) is 85.3 cm³/mol. The molecule has 0 fully saturated rings. The summed E-state index contributed by atoms with van der Waals surface area (Å²) in [5.74, 6) is 0.408. The summed E-state index contributed by atoms with van der Waals surface area (Å²) in [6.07, 6.45) is -4.38. The molecule has 4 nitrogen and oxygen atoms in total. The van der Waals surface area contributed by atoms with Crippen LogP contribution in [-0.4, -0.2) is 24.1 Å². The zero-order valence-corrected chi connectivity index (χ0v) is 12.8. The van der Waals surface area contributed by atoms with Crippen molar-refractivity contribution in [2.75, 3.05) is 18.4 Å². The molecule has 1 aliphatic heterocycles. The Morgan fingerprint density at radius 1 is 1.08 bits per heavy atom. The van der Waals surface area contributed by atoms with E-state index < -0.39 is 11.7 Å². The van der Waals surface area contributed by atoms with Crippen LogP contribution in [0.2, 0.25) is 0 Å². The molecule has 0 radical (unpaired) electrons. The zero-order valence-electron chi connectivity index (χ0n) is 12.8. The van der Waals surface area contributed by atoms with E-state index in [1.807, 2.05) is 30.3 Å². The topological polar surface area (TPSA) is 36.9 Å². The number of hydrogen-bond acceptors (Lipinski definition) is 4. The minimum absolute atomic E-state index is 0.318. The van der Waals surface area contributed by atoms with E-state index in [0.29, 0.717) is 31.3 Å². The van der Waals surface area contributed by atoms with Crippen molar-refractivity contribution in [1.29, 1.82) is 0 Å². The molecule has 0 saturated heterocycles. The van der Waals surface area contributed by atoms with Gasteiger partial charge in [-0.05, 0) is 23.8 Å². The van der Waals surface area contributed by atoms with Crippen LogP contribution < -0.4 is 5.32 Å². The summed E-state index contributed by atoms with van der Waals surface area (Å²) < 4.78 is 38.3. The molecule has 7 heteroatoms. The van der Waals surface area contributed by atoms with Gasteiger partial charge in [-0.2, -0.15) is 13.2 Å². The van der Waals surface area contributed by atoms with Gasteiger partial charge in [0.15, 0.2) is 0 Å². The molecule has 24 heavy (non-hydrogen) atoms. The summed E-state index contributed by atoms with van der Waals surface area (Å²) in [6.45, 7) is 1.44. The SMILES string of the molecule is FC(F)(F)c1cccc(NC2=NCCN2OCc2ccccc2)c1. The van der Waals surface area contributed by atoms with Gasteiger partial charge in [-0.3, -0.25) is 4.84 Å². The molecule has 1 heterocycles. The number of rotatable bonds is 4. The third-order valence-corrected chi connectivity index (χ3v) is 3.48. The maximum absolute atomic E-state index is 12.8. The second-order valence-corrected chi connectivity index (χ2v) is 5.27. The van der Waals surface area contributed by atoms with Gasteiger partial charge in [0.2, 0.25) is 5.96 Å². The monoisotopic (exact) mass is 335 g/mol. The number of alkyl halides is 3. The van der Waals surface area contributed by atoms with Gasteiger partial charge in [-0.15, -0.1) is 0 Å². The number of benzene rings is 2. The van der Waals surface area contributed by atoms with E-state index in [-0.39, 0.29) is 0 Å². The molecule has 2 aromatic rings. The minimum Gasteiger partial charge on any atom is -0.324 e. The van der Waals surface area contributed by atoms with E-state index in [0.717, 1.165) is 17.7 Å². The molecule has 126 valence electrons. The van der Waals surface area contributed by atoms with Gasteiger partial charge >= 0.3 is 6.18 Å². The summed E-state index contributed by atoms with van der Waals surface area (Å²) >= 11 is 0. The molecular formula is C17H16F3N3O. The Balaban J connectivity index is 1.64. The van der Waals surface area contributed by atoms with Crippen LogP contribution in [0.5, 0.6) is 0 Å². The van der Waals surface area contributed by atoms with Gasteiger partial charge in [0.25, 0.3) is 0 Å². The highest BCUT2D eigenvalue weighted by Crippen LogP contribution is 2.30. The van der Waals surface area contributed by atoms with Gasteiger partial charge in [-0.1, -0.05) is 36.4 Å². The first-order valence-corrected chi connectivity index (χ1v) is 7.45. The van der Waals surface area contributed by atoms with Crippen molar-refractivity contribution in [3.05, 3.63) is 65.7 Å². The van der Waals surface area contributed by atoms with Crippen LogP contribution in [0, 0.1) is 0 Å². The fourth-order valence-electron chi connectivity index (χ4n) is 2.29. The molecule has 0 aromatic heterocycles. The summed E-state index contributed by atoms with van der Waals surface area (Å²) in [5.41, 5.74) is 0.615. The maximum Gasteiger partial charge on any atom is 0.416 e. The van der Waals surface area contributed by atoms with Crippen LogP contribution in [0.25, 0.3) is 0 Å². The largest absolute Gasteiger partial charge is 0.416 e. The number of aliphatic imine (C=N–C) groups is 1. The van der Waals surface area contributed by atoms with E-state index >= 15 is 0 Å². The summed E-state index contributed by atoms with van der Waals surface area (Å²) in [6, 6.07) is 14.6. The molecule has 0 bridgehead atoms. The quantitative estimate of drug-likeness (QED) is 0.920. The summed E-state index contributed by atoms with van der Waals surface area (Å²) in [5, 5.41) is 4.45. The average Bonchev–Trinajstić information content (AvgIpc) is 3.00. The van der Waals surface area contributed by atoms with E-state index in [1.54, 1.807) is 11.1 Å². The Labute approximate surface area is 137 Å². The lowest BCUT2D eigenvalue weighted by molar-refractivity contribution is -0.137. The molecule has 0 saturated carbocycles. The fourth-order valence-corrected chi connectivity index (χ4v) is 2.29. The molecule has 3 rings (SSSR count). The van der Waals surface area contributed by atoms with Crippen molar-refractivity contribution in [3.8, 4) is 0 Å². The van der Waals surface area contributed by atoms with Gasteiger partial charge < -0.3 is 5.32 Å². The van der Waals surface area contributed by atoms with E-state index in [2.05, 4.69) is 10.3 Å². The molecule has 0 aliphatic carbocycles. The van der Waals surface area contributed by atoms with E-state index in [4.69, 9.17) is 4.84 Å². The number of halogens is 3. The zero-order chi connectivity index (χ0) is 17.0. The lowest BCUT2D eigenvalue weighted by Gasteiger charge is -2.20. The fraction of sp³-hybridized carbons (Fsp3) is 0.235. The number of nitrogens with one attached hydrogen (secondary N) is 1. The van der Waals surface area contributed by atoms with Gasteiger partial charge in [0.1, 0.15) is 6.61 Å². The first-order valence-electron chi connectivity index (χ1n) is 7.45. The highest BCUT2D eigenvalue weighted by molar-refractivity contribution is 5.94. The van der Waals surface area contributed by atoms with Gasteiger partial charge in [-0.25, -0.2) is 10.1 Å². The van der Waals surface area contributed by atoms with Gasteiger partial charge in [0, 0.05) is 5.69 Å². The highest BCUT2D eigenvalue weighted by atomic mass is 19.4. The van der Waals surface area contributed by atoms with Crippen LogP contribution in [0.4, 0.5) is 18.9 Å². The lowest BCUT2D eigenvalue weighted by Crippen LogP contribution is -2.33. The Bertz CT molecular complexity index is 717. The van der Waals surface area contributed by atoms with Crippen molar-refractivity contribution in [1.82, 2.24) is 5.06 Å². The van der Waals surface area contributed by atoms with E-state index in [9.17, 15) is 13.2 Å². The standard InChI is InChI=1S/C17H16F3N3O/c18-17(19,20)14-7-4-8-15(11-14)22-16-21-9-10-23(16)24-12-13-5-2-1-3-6-13/h1-8,11H,9-10,12H2,(H,21,22). The third-order valence-electron chi connectivity index (χ3n) is 3.48.